The van der Waals surface area contributed by atoms with Gasteiger partial charge in [-0.25, -0.2) is 4.99 Å². The Kier molecular flexibility index (Phi) is 3.31. The molecule has 0 spiro atoms. The van der Waals surface area contributed by atoms with Crippen LogP contribution in [0.25, 0.3) is 0 Å². The van der Waals surface area contributed by atoms with Crippen molar-refractivity contribution in [3.05, 3.63) is 58.6 Å². The Morgan fingerprint density at radius 1 is 1.14 bits per heavy atom. The third-order valence-corrected chi connectivity index (χ3v) is 3.45. The lowest BCUT2D eigenvalue weighted by Gasteiger charge is -2.00. The van der Waals surface area contributed by atoms with Gasteiger partial charge in [0.15, 0.2) is 5.78 Å². The predicted octanol–water partition coefficient (Wildman–Crippen LogP) is 3.62. The Morgan fingerprint density at radius 3 is 2.52 bits per heavy atom. The smallest absolute Gasteiger partial charge is 0.275 e. The first-order valence-corrected chi connectivity index (χ1v) is 6.73. The van der Waals surface area contributed by atoms with Gasteiger partial charge in [-0.3, -0.25) is 9.59 Å². The van der Waals surface area contributed by atoms with E-state index >= 15 is 0 Å². The van der Waals surface area contributed by atoms with E-state index in [0.29, 0.717) is 33.2 Å². The molecule has 1 N–H and O–H groups in total. The Hall–Kier alpha value is -2.46. The highest BCUT2D eigenvalue weighted by Gasteiger charge is 2.26. The van der Waals surface area contributed by atoms with Gasteiger partial charge in [-0.1, -0.05) is 11.6 Å². The lowest BCUT2D eigenvalue weighted by molar-refractivity contribution is -0.110. The van der Waals surface area contributed by atoms with Crippen molar-refractivity contribution < 1.29 is 9.59 Å². The zero-order valence-electron chi connectivity index (χ0n) is 11.2. The van der Waals surface area contributed by atoms with Crippen molar-refractivity contribution >= 4 is 40.4 Å². The predicted molar refractivity (Wildman–Crippen MR) is 82.7 cm³/mol. The lowest BCUT2D eigenvalue weighted by atomic mass is 10.1. The van der Waals surface area contributed by atoms with Gasteiger partial charge in [0.1, 0.15) is 5.71 Å². The van der Waals surface area contributed by atoms with Crippen LogP contribution in [0.15, 0.2) is 47.5 Å². The van der Waals surface area contributed by atoms with Gasteiger partial charge in [-0.05, 0) is 49.4 Å². The van der Waals surface area contributed by atoms with Crippen LogP contribution in [0.1, 0.15) is 22.8 Å². The number of nitrogens with zero attached hydrogens (tertiary/aromatic N) is 1. The van der Waals surface area contributed by atoms with Crippen LogP contribution in [0.5, 0.6) is 0 Å². The number of carbonyl (C=O) groups is 2. The number of rotatable bonds is 2. The van der Waals surface area contributed by atoms with Crippen LogP contribution in [0.4, 0.5) is 11.4 Å². The van der Waals surface area contributed by atoms with Crippen LogP contribution in [0, 0.1) is 0 Å². The van der Waals surface area contributed by atoms with Crippen molar-refractivity contribution in [1.82, 2.24) is 0 Å². The highest BCUT2D eigenvalue weighted by Crippen LogP contribution is 2.28. The summed E-state index contributed by atoms with van der Waals surface area (Å²) < 4.78 is 0. The van der Waals surface area contributed by atoms with Gasteiger partial charge in [0, 0.05) is 16.1 Å². The van der Waals surface area contributed by atoms with Gasteiger partial charge in [-0.2, -0.15) is 0 Å². The first-order valence-electron chi connectivity index (χ1n) is 6.35. The van der Waals surface area contributed by atoms with E-state index in [1.165, 1.54) is 6.92 Å². The van der Waals surface area contributed by atoms with E-state index in [4.69, 9.17) is 11.6 Å². The van der Waals surface area contributed by atoms with E-state index < -0.39 is 0 Å². The van der Waals surface area contributed by atoms with E-state index in [1.54, 1.807) is 42.5 Å². The van der Waals surface area contributed by atoms with Gasteiger partial charge in [0.25, 0.3) is 5.91 Å². The minimum absolute atomic E-state index is 0.00931. The third-order valence-electron chi connectivity index (χ3n) is 3.21. The standard InChI is InChI=1S/C16H11ClN2O2/c1-9(20)10-2-5-12(6-3-10)18-15-13-8-11(17)4-7-14(13)19-16(15)21/h2-8H,1H3,(H,18,19,21). The average molecular weight is 299 g/mol. The van der Waals surface area contributed by atoms with E-state index in [1.807, 2.05) is 0 Å². The van der Waals surface area contributed by atoms with E-state index in [9.17, 15) is 9.59 Å². The third kappa shape index (κ3) is 2.58. The summed E-state index contributed by atoms with van der Waals surface area (Å²) in [6.07, 6.45) is 0. The quantitative estimate of drug-likeness (QED) is 0.861. The van der Waals surface area contributed by atoms with Crippen LogP contribution in [0.3, 0.4) is 0 Å². The average Bonchev–Trinajstić information content (AvgIpc) is 2.76. The minimum Gasteiger partial charge on any atom is -0.320 e. The maximum absolute atomic E-state index is 12.0. The van der Waals surface area contributed by atoms with E-state index in [2.05, 4.69) is 10.3 Å². The first-order chi connectivity index (χ1) is 10.0. The zero-order chi connectivity index (χ0) is 15.0. The molecule has 1 heterocycles. The molecule has 0 aliphatic carbocycles. The fraction of sp³-hybridized carbons (Fsp3) is 0.0625. The largest absolute Gasteiger partial charge is 0.320 e. The van der Waals surface area contributed by atoms with Crippen LogP contribution in [-0.2, 0) is 4.79 Å². The fourth-order valence-electron chi connectivity index (χ4n) is 2.14. The maximum Gasteiger partial charge on any atom is 0.275 e. The number of anilines is 1. The molecule has 2 aromatic carbocycles. The van der Waals surface area contributed by atoms with Crippen LogP contribution < -0.4 is 5.32 Å². The SMILES string of the molecule is CC(=O)c1ccc(N=C2C(=O)Nc3ccc(Cl)cc32)cc1. The Labute approximate surface area is 126 Å². The molecule has 2 aromatic rings. The number of nitrogens with one attached hydrogen (secondary N) is 1. The second-order valence-electron chi connectivity index (χ2n) is 4.71. The molecule has 21 heavy (non-hydrogen) atoms. The molecule has 5 heteroatoms. The van der Waals surface area contributed by atoms with Gasteiger partial charge in [0.2, 0.25) is 0 Å². The highest BCUT2D eigenvalue weighted by molar-refractivity contribution is 6.54. The summed E-state index contributed by atoms with van der Waals surface area (Å²) in [5, 5.41) is 3.29. The summed E-state index contributed by atoms with van der Waals surface area (Å²) in [4.78, 5) is 27.6. The molecule has 0 fully saturated rings. The van der Waals surface area contributed by atoms with Crippen molar-refractivity contribution in [2.45, 2.75) is 6.92 Å². The van der Waals surface area contributed by atoms with Crippen molar-refractivity contribution in [1.29, 1.82) is 0 Å². The molecule has 0 saturated heterocycles. The second-order valence-corrected chi connectivity index (χ2v) is 5.14. The van der Waals surface area contributed by atoms with Gasteiger partial charge in [0.05, 0.1) is 11.4 Å². The molecule has 0 atom stereocenters. The van der Waals surface area contributed by atoms with Crippen molar-refractivity contribution in [2.75, 3.05) is 5.32 Å². The number of amides is 1. The summed E-state index contributed by atoms with van der Waals surface area (Å²) in [5.74, 6) is -0.271. The van der Waals surface area contributed by atoms with Gasteiger partial charge in [-0.15, -0.1) is 0 Å². The van der Waals surface area contributed by atoms with Crippen LogP contribution in [-0.4, -0.2) is 17.4 Å². The number of carbonyl (C=O) groups excluding carboxylic acids is 2. The summed E-state index contributed by atoms with van der Waals surface area (Å²) in [6.45, 7) is 1.50. The van der Waals surface area contributed by atoms with Crippen molar-refractivity contribution in [3.63, 3.8) is 0 Å². The molecular formula is C16H11ClN2O2. The fourth-order valence-corrected chi connectivity index (χ4v) is 2.31. The number of Topliss-reactive ketones (excluding diaryl/α,β-unsaturated/α-hetero) is 1. The van der Waals surface area contributed by atoms with Gasteiger partial charge < -0.3 is 5.32 Å². The number of aliphatic imine (C=N–C) groups is 1. The normalized spacial score (nSPS) is 15.0. The molecule has 1 aliphatic rings. The Morgan fingerprint density at radius 2 is 1.86 bits per heavy atom. The topological polar surface area (TPSA) is 58.5 Å². The first kappa shape index (κ1) is 13.5. The van der Waals surface area contributed by atoms with Gasteiger partial charge >= 0.3 is 0 Å². The second kappa shape index (κ2) is 5.14. The highest BCUT2D eigenvalue weighted by atomic mass is 35.5. The maximum atomic E-state index is 12.0. The summed E-state index contributed by atoms with van der Waals surface area (Å²) >= 11 is 5.96. The number of ketones is 1. The minimum atomic E-state index is -0.261. The molecule has 0 unspecified atom stereocenters. The monoisotopic (exact) mass is 298 g/mol. The van der Waals surface area contributed by atoms with E-state index in [0.717, 1.165) is 0 Å². The van der Waals surface area contributed by atoms with Crippen molar-refractivity contribution in [3.8, 4) is 0 Å². The number of fused-ring (bicyclic) bond motifs is 1. The summed E-state index contributed by atoms with van der Waals surface area (Å²) in [7, 11) is 0. The number of hydrogen-bond donors (Lipinski definition) is 1. The molecule has 4 nitrogen and oxygen atoms in total. The molecule has 1 aliphatic heterocycles. The zero-order valence-corrected chi connectivity index (χ0v) is 11.9. The summed E-state index contributed by atoms with van der Waals surface area (Å²) in [6, 6.07) is 12.0. The van der Waals surface area contributed by atoms with Crippen LogP contribution in [0.2, 0.25) is 5.02 Å². The summed E-state index contributed by atoms with van der Waals surface area (Å²) in [5.41, 5.74) is 2.92. The molecule has 104 valence electrons. The Balaban J connectivity index is 2.02. The van der Waals surface area contributed by atoms with E-state index in [-0.39, 0.29) is 11.7 Å². The number of hydrogen-bond acceptors (Lipinski definition) is 3. The molecule has 0 radical (unpaired) electrons. The molecule has 3 rings (SSSR count). The lowest BCUT2D eigenvalue weighted by Crippen LogP contribution is -2.13. The molecule has 0 bridgehead atoms. The van der Waals surface area contributed by atoms with Crippen molar-refractivity contribution in [2.24, 2.45) is 4.99 Å². The van der Waals surface area contributed by atoms with Crippen LogP contribution >= 0.6 is 11.6 Å². The molecule has 0 saturated carbocycles. The Bertz CT molecular complexity index is 779. The number of benzene rings is 2. The molecule has 0 aromatic heterocycles. The molecule has 1 amide bonds. The molecular weight excluding hydrogens is 288 g/mol. The number of halogens is 1.